The highest BCUT2D eigenvalue weighted by Crippen LogP contribution is 2.37. The first-order valence-corrected chi connectivity index (χ1v) is 9.80. The Morgan fingerprint density at radius 3 is 2.73 bits per heavy atom. The van der Waals surface area contributed by atoms with E-state index in [9.17, 15) is 9.59 Å². The lowest BCUT2D eigenvalue weighted by atomic mass is 9.70. The van der Waals surface area contributed by atoms with Crippen molar-refractivity contribution in [1.29, 1.82) is 0 Å². The summed E-state index contributed by atoms with van der Waals surface area (Å²) in [5.74, 6) is 2.10. The van der Waals surface area contributed by atoms with Crippen molar-refractivity contribution in [3.63, 3.8) is 0 Å². The molecular formula is C21H30N2O3. The summed E-state index contributed by atoms with van der Waals surface area (Å²) in [7, 11) is 1.63. The molecule has 1 aromatic carbocycles. The van der Waals surface area contributed by atoms with Gasteiger partial charge in [0.25, 0.3) is 0 Å². The Kier molecular flexibility index (Phi) is 6.17. The van der Waals surface area contributed by atoms with E-state index in [0.717, 1.165) is 43.4 Å². The van der Waals surface area contributed by atoms with Crippen molar-refractivity contribution in [3.8, 4) is 5.75 Å². The molecule has 3 rings (SSSR count). The monoisotopic (exact) mass is 358 g/mol. The number of nitrogens with one attached hydrogen (secondary N) is 2. The number of carbonyl (C=O) groups excluding carboxylic acids is 2. The first-order valence-electron chi connectivity index (χ1n) is 9.80. The summed E-state index contributed by atoms with van der Waals surface area (Å²) in [6, 6.07) is 7.96. The molecule has 5 nitrogen and oxygen atoms in total. The van der Waals surface area contributed by atoms with Gasteiger partial charge >= 0.3 is 0 Å². The van der Waals surface area contributed by atoms with Gasteiger partial charge in [0.15, 0.2) is 0 Å². The molecule has 4 unspecified atom stereocenters. The Bertz CT molecular complexity index is 629. The molecule has 0 aromatic heterocycles. The smallest absolute Gasteiger partial charge is 0.224 e. The van der Waals surface area contributed by atoms with Crippen LogP contribution in [0.4, 0.5) is 0 Å². The molecule has 26 heavy (non-hydrogen) atoms. The fraction of sp³-hybridized carbons (Fsp3) is 0.619. The van der Waals surface area contributed by atoms with Crippen molar-refractivity contribution in [1.82, 2.24) is 10.6 Å². The molecule has 4 atom stereocenters. The van der Waals surface area contributed by atoms with Crippen molar-refractivity contribution in [3.05, 3.63) is 29.8 Å². The molecule has 1 aromatic rings. The minimum Gasteiger partial charge on any atom is -0.497 e. The second kappa shape index (κ2) is 8.56. The Hall–Kier alpha value is -2.04. The van der Waals surface area contributed by atoms with Crippen LogP contribution >= 0.6 is 0 Å². The molecule has 0 bridgehead atoms. The molecule has 5 heteroatoms. The van der Waals surface area contributed by atoms with E-state index in [4.69, 9.17) is 4.74 Å². The zero-order valence-corrected chi connectivity index (χ0v) is 15.8. The molecular weight excluding hydrogens is 328 g/mol. The van der Waals surface area contributed by atoms with Crippen LogP contribution in [0.15, 0.2) is 24.3 Å². The maximum Gasteiger partial charge on any atom is 0.224 e. The van der Waals surface area contributed by atoms with Crippen molar-refractivity contribution >= 4 is 11.8 Å². The lowest BCUT2D eigenvalue weighted by molar-refractivity contribution is -0.127. The van der Waals surface area contributed by atoms with Gasteiger partial charge in [-0.05, 0) is 55.2 Å². The molecule has 142 valence electrons. The number of amides is 2. The lowest BCUT2D eigenvalue weighted by Gasteiger charge is -2.44. The summed E-state index contributed by atoms with van der Waals surface area (Å²) >= 11 is 0. The second-order valence-corrected chi connectivity index (χ2v) is 7.69. The third-order valence-corrected chi connectivity index (χ3v) is 5.85. The fourth-order valence-electron chi connectivity index (χ4n) is 4.60. The number of methoxy groups -OCH3 is 1. The molecule has 1 aliphatic carbocycles. The van der Waals surface area contributed by atoms with Crippen LogP contribution in [-0.4, -0.2) is 31.0 Å². The zero-order chi connectivity index (χ0) is 18.5. The van der Waals surface area contributed by atoms with E-state index in [1.54, 1.807) is 7.11 Å². The first kappa shape index (κ1) is 18.7. The molecule has 2 N–H and O–H groups in total. The van der Waals surface area contributed by atoms with Crippen LogP contribution < -0.4 is 15.4 Å². The van der Waals surface area contributed by atoms with E-state index in [2.05, 4.69) is 17.6 Å². The maximum absolute atomic E-state index is 12.4. The molecule has 0 radical (unpaired) electrons. The summed E-state index contributed by atoms with van der Waals surface area (Å²) in [6.07, 6.45) is 6.24. The van der Waals surface area contributed by atoms with Gasteiger partial charge in [-0.25, -0.2) is 0 Å². The van der Waals surface area contributed by atoms with Gasteiger partial charge in [0.1, 0.15) is 5.75 Å². The standard InChI is InChI=1S/C21H30N2O3/c1-3-4-15-12-21(25)23-19-13-16(7-10-18(15)19)22-20(24)11-14-5-8-17(26-2)9-6-14/h5-6,8-9,15-16,18-19H,3-4,7,10-13H2,1-2H3,(H,22,24)(H,23,25). The van der Waals surface area contributed by atoms with Crippen molar-refractivity contribution < 1.29 is 14.3 Å². The van der Waals surface area contributed by atoms with E-state index in [0.29, 0.717) is 24.7 Å². The largest absolute Gasteiger partial charge is 0.497 e. The van der Waals surface area contributed by atoms with Crippen LogP contribution in [-0.2, 0) is 16.0 Å². The fourth-order valence-corrected chi connectivity index (χ4v) is 4.60. The summed E-state index contributed by atoms with van der Waals surface area (Å²) < 4.78 is 5.15. The summed E-state index contributed by atoms with van der Waals surface area (Å²) in [4.78, 5) is 24.4. The topological polar surface area (TPSA) is 67.4 Å². The predicted octanol–water partition coefficient (Wildman–Crippen LogP) is 2.83. The number of piperidine rings is 1. The van der Waals surface area contributed by atoms with Gasteiger partial charge in [0.05, 0.1) is 13.5 Å². The van der Waals surface area contributed by atoms with Crippen LogP contribution in [0.3, 0.4) is 0 Å². The minimum absolute atomic E-state index is 0.0471. The lowest BCUT2D eigenvalue weighted by Crippen LogP contribution is -2.55. The van der Waals surface area contributed by atoms with E-state index < -0.39 is 0 Å². The third kappa shape index (κ3) is 4.57. The molecule has 1 saturated carbocycles. The van der Waals surface area contributed by atoms with E-state index in [-0.39, 0.29) is 23.9 Å². The molecule has 1 aliphatic heterocycles. The van der Waals surface area contributed by atoms with Crippen LogP contribution in [0.2, 0.25) is 0 Å². The normalized spacial score (nSPS) is 28.0. The Labute approximate surface area is 155 Å². The SMILES string of the molecule is CCCC1CC(=O)NC2CC(NC(=O)Cc3ccc(OC)cc3)CCC12. The van der Waals surface area contributed by atoms with Gasteiger partial charge in [-0.2, -0.15) is 0 Å². The molecule has 1 saturated heterocycles. The third-order valence-electron chi connectivity index (χ3n) is 5.85. The number of fused-ring (bicyclic) bond motifs is 1. The van der Waals surface area contributed by atoms with Gasteiger partial charge in [-0.3, -0.25) is 9.59 Å². The molecule has 2 amide bonds. The van der Waals surface area contributed by atoms with Crippen LogP contribution in [0, 0.1) is 11.8 Å². The number of carbonyl (C=O) groups is 2. The van der Waals surface area contributed by atoms with Gasteiger partial charge in [0, 0.05) is 18.5 Å². The van der Waals surface area contributed by atoms with Crippen molar-refractivity contribution in [2.24, 2.45) is 11.8 Å². The van der Waals surface area contributed by atoms with E-state index in [1.807, 2.05) is 24.3 Å². The highest BCUT2D eigenvalue weighted by molar-refractivity contribution is 5.79. The number of ether oxygens (including phenoxy) is 1. The average Bonchev–Trinajstić information content (AvgIpc) is 2.62. The first-order chi connectivity index (χ1) is 12.6. The average molecular weight is 358 g/mol. The molecule has 2 fully saturated rings. The van der Waals surface area contributed by atoms with Gasteiger partial charge in [-0.15, -0.1) is 0 Å². The summed E-state index contributed by atoms with van der Waals surface area (Å²) in [6.45, 7) is 2.19. The summed E-state index contributed by atoms with van der Waals surface area (Å²) in [5.41, 5.74) is 0.978. The maximum atomic E-state index is 12.4. The number of benzene rings is 1. The summed E-state index contributed by atoms with van der Waals surface area (Å²) in [5, 5.41) is 6.34. The van der Waals surface area contributed by atoms with Crippen LogP contribution in [0.25, 0.3) is 0 Å². The van der Waals surface area contributed by atoms with Crippen LogP contribution in [0.1, 0.15) is 51.0 Å². The van der Waals surface area contributed by atoms with Crippen molar-refractivity contribution in [2.75, 3.05) is 7.11 Å². The van der Waals surface area contributed by atoms with E-state index in [1.165, 1.54) is 0 Å². The minimum atomic E-state index is 0.0471. The quantitative estimate of drug-likeness (QED) is 0.822. The molecule has 1 heterocycles. The number of rotatable bonds is 6. The van der Waals surface area contributed by atoms with Crippen LogP contribution in [0.5, 0.6) is 5.75 Å². The second-order valence-electron chi connectivity index (χ2n) is 7.69. The molecule has 0 spiro atoms. The Morgan fingerprint density at radius 2 is 2.04 bits per heavy atom. The van der Waals surface area contributed by atoms with E-state index >= 15 is 0 Å². The zero-order valence-electron chi connectivity index (χ0n) is 15.8. The highest BCUT2D eigenvalue weighted by Gasteiger charge is 2.40. The molecule has 2 aliphatic rings. The number of hydrogen-bond donors (Lipinski definition) is 2. The number of hydrogen-bond acceptors (Lipinski definition) is 3. The highest BCUT2D eigenvalue weighted by atomic mass is 16.5. The van der Waals surface area contributed by atoms with Gasteiger partial charge in [0.2, 0.25) is 11.8 Å². The van der Waals surface area contributed by atoms with Gasteiger partial charge < -0.3 is 15.4 Å². The van der Waals surface area contributed by atoms with Gasteiger partial charge in [-0.1, -0.05) is 25.5 Å². The van der Waals surface area contributed by atoms with Crippen molar-refractivity contribution in [2.45, 2.75) is 64.0 Å². The Balaban J connectivity index is 1.53. The Morgan fingerprint density at radius 1 is 1.27 bits per heavy atom. The predicted molar refractivity (Wildman–Crippen MR) is 101 cm³/mol.